The van der Waals surface area contributed by atoms with E-state index in [1.54, 1.807) is 6.92 Å². The van der Waals surface area contributed by atoms with E-state index in [4.69, 9.17) is 11.6 Å². The van der Waals surface area contributed by atoms with E-state index >= 15 is 0 Å². The maximum absolute atomic E-state index is 12.0. The zero-order valence-corrected chi connectivity index (χ0v) is 13.4. The average molecular weight is 368 g/mol. The van der Waals surface area contributed by atoms with Gasteiger partial charge in [-0.25, -0.2) is 5.43 Å². The normalized spacial score (nSPS) is 11.2. The van der Waals surface area contributed by atoms with E-state index < -0.39 is 21.7 Å². The molecule has 1 aromatic heterocycles. The molecule has 1 aromatic carbocycles. The van der Waals surface area contributed by atoms with Crippen LogP contribution in [0.2, 0.25) is 5.02 Å². The smallest absolute Gasteiger partial charge is 0.390 e. The summed E-state index contributed by atoms with van der Waals surface area (Å²) in [6, 6.07) is 3.41. The standard InChI is InChI=1S/C12H10ClN7O5/c1-7(5-18-6-14-12(17-18)20(24)25)15-16-11(21)9-3-2-8(19(22)23)4-10(9)13/h2-4,6H,5H2,1H3,(H,16,21)/b15-7+. The van der Waals surface area contributed by atoms with Gasteiger partial charge < -0.3 is 10.1 Å². The average Bonchev–Trinajstić information content (AvgIpc) is 3.01. The molecule has 0 saturated carbocycles. The van der Waals surface area contributed by atoms with Crippen LogP contribution in [0.15, 0.2) is 29.6 Å². The lowest BCUT2D eigenvalue weighted by Crippen LogP contribution is -2.21. The van der Waals surface area contributed by atoms with Crippen LogP contribution in [0.5, 0.6) is 0 Å². The van der Waals surface area contributed by atoms with Crippen LogP contribution in [0.25, 0.3) is 0 Å². The lowest BCUT2D eigenvalue weighted by molar-refractivity contribution is -0.394. The number of carbonyl (C=O) groups is 1. The SMILES string of the molecule is C/C(Cn1cnc([N+](=O)[O-])n1)=N\NC(=O)c1ccc([N+](=O)[O-])cc1Cl. The topological polar surface area (TPSA) is 158 Å². The molecule has 0 aliphatic heterocycles. The summed E-state index contributed by atoms with van der Waals surface area (Å²) in [5.74, 6) is -1.21. The molecule has 0 atom stereocenters. The van der Waals surface area contributed by atoms with Gasteiger partial charge in [0.05, 0.1) is 27.8 Å². The fourth-order valence-corrected chi connectivity index (χ4v) is 1.98. The highest BCUT2D eigenvalue weighted by molar-refractivity contribution is 6.34. The lowest BCUT2D eigenvalue weighted by atomic mass is 10.2. The van der Waals surface area contributed by atoms with Crippen LogP contribution in [0.3, 0.4) is 0 Å². The molecule has 0 saturated heterocycles. The molecule has 2 rings (SSSR count). The van der Waals surface area contributed by atoms with Gasteiger partial charge in [0.25, 0.3) is 11.6 Å². The maximum atomic E-state index is 12.0. The molecule has 0 radical (unpaired) electrons. The number of nitro groups is 2. The Bertz CT molecular complexity index is 878. The van der Waals surface area contributed by atoms with Crippen molar-refractivity contribution in [2.24, 2.45) is 5.10 Å². The Morgan fingerprint density at radius 2 is 2.08 bits per heavy atom. The maximum Gasteiger partial charge on any atom is 0.490 e. The monoisotopic (exact) mass is 367 g/mol. The summed E-state index contributed by atoms with van der Waals surface area (Å²) in [6.07, 6.45) is 1.16. The van der Waals surface area contributed by atoms with Crippen LogP contribution in [0, 0.1) is 20.2 Å². The van der Waals surface area contributed by atoms with Crippen LogP contribution < -0.4 is 5.43 Å². The highest BCUT2D eigenvalue weighted by Gasteiger charge is 2.15. The van der Waals surface area contributed by atoms with Crippen LogP contribution in [-0.4, -0.2) is 36.2 Å². The van der Waals surface area contributed by atoms with Crippen molar-refractivity contribution in [3.05, 3.63) is 55.3 Å². The van der Waals surface area contributed by atoms with Crippen molar-refractivity contribution in [3.8, 4) is 0 Å². The lowest BCUT2D eigenvalue weighted by Gasteiger charge is -2.04. The van der Waals surface area contributed by atoms with E-state index in [1.165, 1.54) is 10.7 Å². The molecule has 1 heterocycles. The quantitative estimate of drug-likeness (QED) is 0.460. The Morgan fingerprint density at radius 1 is 1.36 bits per heavy atom. The van der Waals surface area contributed by atoms with Crippen molar-refractivity contribution in [3.63, 3.8) is 0 Å². The molecular weight excluding hydrogens is 358 g/mol. The molecule has 25 heavy (non-hydrogen) atoms. The van der Waals surface area contributed by atoms with Gasteiger partial charge >= 0.3 is 5.95 Å². The number of nitrogens with one attached hydrogen (secondary N) is 1. The van der Waals surface area contributed by atoms with E-state index in [0.717, 1.165) is 18.5 Å². The number of non-ortho nitro benzene ring substituents is 1. The van der Waals surface area contributed by atoms with Gasteiger partial charge in [-0.05, 0) is 17.9 Å². The number of carbonyl (C=O) groups excluding carboxylic acids is 1. The Kier molecular flexibility index (Phi) is 5.34. The number of halogens is 1. The van der Waals surface area contributed by atoms with E-state index in [-0.39, 0.29) is 22.8 Å². The van der Waals surface area contributed by atoms with Gasteiger partial charge in [-0.1, -0.05) is 16.6 Å². The van der Waals surface area contributed by atoms with Crippen molar-refractivity contribution in [2.45, 2.75) is 13.5 Å². The van der Waals surface area contributed by atoms with Crippen LogP contribution in [-0.2, 0) is 6.54 Å². The first-order valence-corrected chi connectivity index (χ1v) is 6.97. The number of rotatable bonds is 6. The Morgan fingerprint density at radius 3 is 2.64 bits per heavy atom. The van der Waals surface area contributed by atoms with Gasteiger partial charge in [0.15, 0.2) is 0 Å². The highest BCUT2D eigenvalue weighted by atomic mass is 35.5. The van der Waals surface area contributed by atoms with E-state index in [1.807, 2.05) is 0 Å². The molecule has 0 aliphatic carbocycles. The summed E-state index contributed by atoms with van der Waals surface area (Å²) in [5, 5.41) is 28.5. The molecule has 0 unspecified atom stereocenters. The fraction of sp³-hybridized carbons (Fsp3) is 0.167. The second-order valence-corrected chi connectivity index (χ2v) is 5.12. The molecule has 0 spiro atoms. The number of hydrogen-bond donors (Lipinski definition) is 1. The minimum atomic E-state index is -0.735. The number of hydrogen-bond acceptors (Lipinski definition) is 8. The molecule has 0 bridgehead atoms. The fourth-order valence-electron chi connectivity index (χ4n) is 1.72. The van der Waals surface area contributed by atoms with Gasteiger partial charge in [-0.2, -0.15) is 9.78 Å². The van der Waals surface area contributed by atoms with E-state index in [2.05, 4.69) is 20.6 Å². The molecular formula is C12H10ClN7O5. The number of aromatic nitrogens is 3. The molecule has 1 N–H and O–H groups in total. The van der Waals surface area contributed by atoms with Gasteiger partial charge in [0.2, 0.25) is 6.33 Å². The number of hydrazone groups is 1. The van der Waals surface area contributed by atoms with E-state index in [0.29, 0.717) is 5.71 Å². The second-order valence-electron chi connectivity index (χ2n) is 4.71. The number of nitrogens with zero attached hydrogens (tertiary/aromatic N) is 6. The zero-order chi connectivity index (χ0) is 18.6. The van der Waals surface area contributed by atoms with Gasteiger partial charge in [-0.3, -0.25) is 14.9 Å². The molecule has 1 amide bonds. The highest BCUT2D eigenvalue weighted by Crippen LogP contribution is 2.22. The number of amides is 1. The molecule has 2 aromatic rings. The zero-order valence-electron chi connectivity index (χ0n) is 12.6. The predicted octanol–water partition coefficient (Wildman–Crippen LogP) is 1.55. The second kappa shape index (κ2) is 7.44. The summed E-state index contributed by atoms with van der Waals surface area (Å²) < 4.78 is 1.18. The molecule has 13 heteroatoms. The van der Waals surface area contributed by atoms with Crippen LogP contribution in [0.4, 0.5) is 11.6 Å². The van der Waals surface area contributed by atoms with Gasteiger partial charge in [0.1, 0.15) is 0 Å². The first kappa shape index (κ1) is 17.9. The van der Waals surface area contributed by atoms with Crippen molar-refractivity contribution in [1.29, 1.82) is 0 Å². The summed E-state index contributed by atoms with van der Waals surface area (Å²) in [7, 11) is 0. The number of benzene rings is 1. The minimum absolute atomic E-state index is 0.0141. The first-order chi connectivity index (χ1) is 11.8. The summed E-state index contributed by atoms with van der Waals surface area (Å²) in [4.78, 5) is 35.2. The van der Waals surface area contributed by atoms with Crippen LogP contribution >= 0.6 is 11.6 Å². The largest absolute Gasteiger partial charge is 0.490 e. The van der Waals surface area contributed by atoms with Crippen molar-refractivity contribution in [2.75, 3.05) is 0 Å². The third-order valence-corrected chi connectivity index (χ3v) is 3.15. The van der Waals surface area contributed by atoms with Gasteiger partial charge in [0, 0.05) is 17.2 Å². The van der Waals surface area contributed by atoms with Crippen LogP contribution in [0.1, 0.15) is 17.3 Å². The van der Waals surface area contributed by atoms with Gasteiger partial charge in [-0.15, -0.1) is 0 Å². The Labute approximate surface area is 144 Å². The Hall–Kier alpha value is -3.41. The van der Waals surface area contributed by atoms with E-state index in [9.17, 15) is 25.0 Å². The van der Waals surface area contributed by atoms with Crippen molar-refractivity contribution < 1.29 is 14.6 Å². The first-order valence-electron chi connectivity index (χ1n) is 6.59. The molecule has 0 fully saturated rings. The summed E-state index contributed by atoms with van der Waals surface area (Å²) in [6.45, 7) is 1.63. The third-order valence-electron chi connectivity index (χ3n) is 2.83. The van der Waals surface area contributed by atoms with Crippen molar-refractivity contribution in [1.82, 2.24) is 20.2 Å². The summed E-state index contributed by atoms with van der Waals surface area (Å²) >= 11 is 5.85. The molecule has 130 valence electrons. The summed E-state index contributed by atoms with van der Waals surface area (Å²) in [5.41, 5.74) is 2.39. The predicted molar refractivity (Wildman–Crippen MR) is 85.4 cm³/mol. The van der Waals surface area contributed by atoms with Crippen molar-refractivity contribution >= 4 is 34.9 Å². The number of nitro benzene ring substituents is 1. The molecule has 0 aliphatic rings. The Balaban J connectivity index is 2.03. The molecule has 12 nitrogen and oxygen atoms in total. The minimum Gasteiger partial charge on any atom is -0.390 e. The third kappa shape index (κ3) is 4.54.